The van der Waals surface area contributed by atoms with Gasteiger partial charge < -0.3 is 9.30 Å². The first-order valence-corrected chi connectivity index (χ1v) is 11.8. The molecule has 5 aromatic rings. The van der Waals surface area contributed by atoms with Gasteiger partial charge in [0, 0.05) is 62.1 Å². The van der Waals surface area contributed by atoms with Gasteiger partial charge in [0.15, 0.2) is 0 Å². The van der Waals surface area contributed by atoms with Crippen LogP contribution in [0.3, 0.4) is 0 Å². The lowest BCUT2D eigenvalue weighted by Gasteiger charge is -2.23. The Morgan fingerprint density at radius 2 is 1.86 bits per heavy atom. The third-order valence-corrected chi connectivity index (χ3v) is 6.35. The second-order valence-electron chi connectivity index (χ2n) is 8.67. The summed E-state index contributed by atoms with van der Waals surface area (Å²) in [5.41, 5.74) is 4.37. The summed E-state index contributed by atoms with van der Waals surface area (Å²) in [5.74, 6) is 0.803. The number of benzene rings is 2. The van der Waals surface area contributed by atoms with Crippen molar-refractivity contribution < 1.29 is 4.74 Å². The van der Waals surface area contributed by atoms with Gasteiger partial charge in [-0.05, 0) is 60.0 Å². The highest BCUT2D eigenvalue weighted by atomic mass is 16.5. The molecule has 35 heavy (non-hydrogen) atoms. The van der Waals surface area contributed by atoms with Crippen molar-refractivity contribution in [1.82, 2.24) is 19.4 Å². The average Bonchev–Trinajstić information content (AvgIpc) is 2.90. The molecule has 0 saturated heterocycles. The largest absolute Gasteiger partial charge is 0.492 e. The van der Waals surface area contributed by atoms with Crippen molar-refractivity contribution in [2.75, 3.05) is 19.7 Å². The molecule has 0 unspecified atom stereocenters. The van der Waals surface area contributed by atoms with E-state index in [4.69, 9.17) is 4.74 Å². The molecular weight excluding hydrogens is 436 g/mol. The molecule has 0 atom stereocenters. The summed E-state index contributed by atoms with van der Waals surface area (Å²) < 4.78 is 7.79. The second-order valence-corrected chi connectivity index (χ2v) is 8.67. The van der Waals surface area contributed by atoms with Crippen molar-refractivity contribution >= 4 is 21.8 Å². The van der Waals surface area contributed by atoms with E-state index in [1.807, 2.05) is 48.8 Å². The quantitative estimate of drug-likeness (QED) is 0.319. The van der Waals surface area contributed by atoms with E-state index in [1.54, 1.807) is 23.9 Å². The van der Waals surface area contributed by atoms with Crippen LogP contribution in [0.1, 0.15) is 11.1 Å². The van der Waals surface area contributed by atoms with Gasteiger partial charge in [-0.1, -0.05) is 24.3 Å². The molecule has 0 aliphatic rings. The van der Waals surface area contributed by atoms with Crippen LogP contribution in [0.25, 0.3) is 21.8 Å². The Hall–Kier alpha value is -4.03. The number of pyridine rings is 3. The van der Waals surface area contributed by atoms with E-state index in [0.717, 1.165) is 48.2 Å². The molecule has 2 aromatic carbocycles. The third kappa shape index (κ3) is 5.39. The fourth-order valence-electron chi connectivity index (χ4n) is 4.38. The van der Waals surface area contributed by atoms with Crippen LogP contribution < -0.4 is 10.3 Å². The number of aromatic nitrogens is 3. The molecule has 0 saturated carbocycles. The minimum atomic E-state index is -0.0148. The molecule has 0 radical (unpaired) electrons. The summed E-state index contributed by atoms with van der Waals surface area (Å²) >= 11 is 0. The van der Waals surface area contributed by atoms with Gasteiger partial charge >= 0.3 is 0 Å². The highest BCUT2D eigenvalue weighted by Gasteiger charge is 2.11. The van der Waals surface area contributed by atoms with Gasteiger partial charge in [0.25, 0.3) is 5.56 Å². The highest BCUT2D eigenvalue weighted by Crippen LogP contribution is 2.20. The van der Waals surface area contributed by atoms with Crippen molar-refractivity contribution in [1.29, 1.82) is 0 Å². The standard InChI is InChI=1S/C29H28N4O2/c1-32-28-10-9-25(19-23(28)8-11-29(32)34)35-18-17-33(16-13-22-5-4-14-30-20-22)21-24-12-15-31-27-7-3-2-6-26(24)27/h2-12,14-15,19-20H,13,16-18,21H2,1H3. The molecule has 0 aliphatic carbocycles. The van der Waals surface area contributed by atoms with E-state index in [-0.39, 0.29) is 5.56 Å². The minimum Gasteiger partial charge on any atom is -0.492 e. The van der Waals surface area contributed by atoms with Gasteiger partial charge in [-0.15, -0.1) is 0 Å². The van der Waals surface area contributed by atoms with E-state index < -0.39 is 0 Å². The van der Waals surface area contributed by atoms with Gasteiger partial charge in [-0.25, -0.2) is 0 Å². The summed E-state index contributed by atoms with van der Waals surface area (Å²) in [4.78, 5) is 23.1. The lowest BCUT2D eigenvalue weighted by molar-refractivity contribution is 0.205. The molecule has 6 heteroatoms. The van der Waals surface area contributed by atoms with Gasteiger partial charge in [-0.3, -0.25) is 19.7 Å². The first kappa shape index (κ1) is 22.7. The summed E-state index contributed by atoms with van der Waals surface area (Å²) in [6, 6.07) is 23.8. The average molecular weight is 465 g/mol. The molecule has 0 aliphatic heterocycles. The van der Waals surface area contributed by atoms with Crippen LogP contribution in [0.2, 0.25) is 0 Å². The number of ether oxygens (including phenoxy) is 1. The predicted octanol–water partition coefficient (Wildman–Crippen LogP) is 4.61. The zero-order chi connectivity index (χ0) is 24.0. The Kier molecular flexibility index (Phi) is 6.82. The normalized spacial score (nSPS) is 11.4. The van der Waals surface area contributed by atoms with Crippen LogP contribution in [0, 0.1) is 0 Å². The monoisotopic (exact) mass is 464 g/mol. The lowest BCUT2D eigenvalue weighted by Crippen LogP contribution is -2.30. The number of rotatable bonds is 9. The molecule has 0 spiro atoms. The van der Waals surface area contributed by atoms with Gasteiger partial charge in [0.2, 0.25) is 0 Å². The first-order valence-electron chi connectivity index (χ1n) is 11.8. The molecule has 3 aromatic heterocycles. The summed E-state index contributed by atoms with van der Waals surface area (Å²) in [6.07, 6.45) is 6.54. The smallest absolute Gasteiger partial charge is 0.250 e. The van der Waals surface area contributed by atoms with Crippen LogP contribution in [-0.2, 0) is 20.0 Å². The first-order chi connectivity index (χ1) is 17.2. The molecule has 0 fully saturated rings. The molecular formula is C29H28N4O2. The van der Waals surface area contributed by atoms with Crippen molar-refractivity contribution in [2.45, 2.75) is 13.0 Å². The number of para-hydroxylation sites is 1. The van der Waals surface area contributed by atoms with Gasteiger partial charge in [0.05, 0.1) is 11.0 Å². The zero-order valence-electron chi connectivity index (χ0n) is 19.8. The molecule has 176 valence electrons. The van der Waals surface area contributed by atoms with E-state index in [0.29, 0.717) is 6.61 Å². The van der Waals surface area contributed by atoms with Crippen molar-refractivity contribution in [3.8, 4) is 5.75 Å². The maximum absolute atomic E-state index is 11.9. The van der Waals surface area contributed by atoms with Gasteiger partial charge in [0.1, 0.15) is 12.4 Å². The SMILES string of the molecule is Cn1c(=O)ccc2cc(OCCN(CCc3cccnc3)Cc3ccnc4ccccc34)ccc21. The molecule has 3 heterocycles. The fraction of sp³-hybridized carbons (Fsp3) is 0.207. The van der Waals surface area contributed by atoms with E-state index in [1.165, 1.54) is 16.5 Å². The van der Waals surface area contributed by atoms with Gasteiger partial charge in [-0.2, -0.15) is 0 Å². The number of fused-ring (bicyclic) bond motifs is 2. The Labute approximate surface area is 204 Å². The van der Waals surface area contributed by atoms with Crippen LogP contribution in [0.5, 0.6) is 5.75 Å². The predicted molar refractivity (Wildman–Crippen MR) is 140 cm³/mol. The van der Waals surface area contributed by atoms with Crippen LogP contribution in [0.15, 0.2) is 96.2 Å². The van der Waals surface area contributed by atoms with Crippen LogP contribution >= 0.6 is 0 Å². The molecule has 6 nitrogen and oxygen atoms in total. The molecule has 0 N–H and O–H groups in total. The lowest BCUT2D eigenvalue weighted by atomic mass is 10.1. The Bertz CT molecular complexity index is 1490. The Morgan fingerprint density at radius 3 is 2.74 bits per heavy atom. The zero-order valence-corrected chi connectivity index (χ0v) is 19.8. The van der Waals surface area contributed by atoms with Crippen molar-refractivity contribution in [2.24, 2.45) is 7.05 Å². The highest BCUT2D eigenvalue weighted by molar-refractivity contribution is 5.82. The molecule has 5 rings (SSSR count). The minimum absolute atomic E-state index is 0.0148. The second kappa shape index (κ2) is 10.5. The Morgan fingerprint density at radius 1 is 0.943 bits per heavy atom. The van der Waals surface area contributed by atoms with Crippen LogP contribution in [-0.4, -0.2) is 39.1 Å². The van der Waals surface area contributed by atoms with E-state index >= 15 is 0 Å². The van der Waals surface area contributed by atoms with Crippen LogP contribution in [0.4, 0.5) is 0 Å². The van der Waals surface area contributed by atoms with Crippen molar-refractivity contribution in [3.05, 3.63) is 113 Å². The number of nitrogens with zero attached hydrogens (tertiary/aromatic N) is 4. The number of hydrogen-bond donors (Lipinski definition) is 0. The maximum atomic E-state index is 11.9. The number of aryl methyl sites for hydroxylation is 1. The third-order valence-electron chi connectivity index (χ3n) is 6.35. The summed E-state index contributed by atoms with van der Waals surface area (Å²) in [7, 11) is 1.79. The summed E-state index contributed by atoms with van der Waals surface area (Å²) in [6.45, 7) is 3.05. The Balaban J connectivity index is 1.30. The fourth-order valence-corrected chi connectivity index (χ4v) is 4.38. The molecule has 0 amide bonds. The molecule has 0 bridgehead atoms. The van der Waals surface area contributed by atoms with E-state index in [2.05, 4.69) is 45.2 Å². The summed E-state index contributed by atoms with van der Waals surface area (Å²) in [5, 5.41) is 2.17. The topological polar surface area (TPSA) is 60.2 Å². The maximum Gasteiger partial charge on any atom is 0.250 e. The number of hydrogen-bond acceptors (Lipinski definition) is 5. The van der Waals surface area contributed by atoms with Crippen molar-refractivity contribution in [3.63, 3.8) is 0 Å². The van der Waals surface area contributed by atoms with E-state index in [9.17, 15) is 4.79 Å².